The van der Waals surface area contributed by atoms with Crippen LogP contribution >= 0.6 is 11.6 Å². The van der Waals surface area contributed by atoms with E-state index >= 15 is 0 Å². The van der Waals surface area contributed by atoms with Gasteiger partial charge in [0.1, 0.15) is 12.4 Å². The van der Waals surface area contributed by atoms with E-state index in [1.54, 1.807) is 41.1 Å². The van der Waals surface area contributed by atoms with Gasteiger partial charge in [0, 0.05) is 23.9 Å². The zero-order valence-electron chi connectivity index (χ0n) is 18.7. The van der Waals surface area contributed by atoms with E-state index < -0.39 is 11.7 Å². The molecule has 1 N–H and O–H groups in total. The smallest absolute Gasteiger partial charge is 0.254 e. The second-order valence-corrected chi connectivity index (χ2v) is 8.08. The molecule has 0 atom stereocenters. The summed E-state index contributed by atoms with van der Waals surface area (Å²) in [6, 6.07) is 22.4. The number of nitrogens with one attached hydrogen (secondary N) is 1. The van der Waals surface area contributed by atoms with Gasteiger partial charge in [-0.1, -0.05) is 66.2 Å². The monoisotopic (exact) mass is 488 g/mol. The highest BCUT2D eigenvalue weighted by atomic mass is 35.5. The zero-order valence-corrected chi connectivity index (χ0v) is 19.5. The maximum Gasteiger partial charge on any atom is 0.254 e. The Balaban J connectivity index is 1.63. The molecule has 35 heavy (non-hydrogen) atoms. The lowest BCUT2D eigenvalue weighted by atomic mass is 10.2. The quantitative estimate of drug-likeness (QED) is 0.328. The van der Waals surface area contributed by atoms with Crippen molar-refractivity contribution in [3.05, 3.63) is 114 Å². The molecule has 0 aliphatic heterocycles. The SMILES string of the molecule is C=CCN(CC(=O)Nc1nc(-c2ccccc2)cn1-c1ccc(F)c(Cl)c1)C(=O)c1ccccc1. The van der Waals surface area contributed by atoms with Gasteiger partial charge in [-0.05, 0) is 30.3 Å². The van der Waals surface area contributed by atoms with Crippen LogP contribution in [0.15, 0.2) is 97.7 Å². The largest absolute Gasteiger partial charge is 0.326 e. The molecule has 2 amide bonds. The highest BCUT2D eigenvalue weighted by Crippen LogP contribution is 2.26. The predicted molar refractivity (Wildman–Crippen MR) is 135 cm³/mol. The highest BCUT2D eigenvalue weighted by molar-refractivity contribution is 6.30. The molecule has 3 aromatic carbocycles. The van der Waals surface area contributed by atoms with Gasteiger partial charge in [0.25, 0.3) is 5.91 Å². The van der Waals surface area contributed by atoms with Crippen LogP contribution in [-0.2, 0) is 4.79 Å². The summed E-state index contributed by atoms with van der Waals surface area (Å²) in [5, 5.41) is 2.72. The molecule has 0 unspecified atom stereocenters. The van der Waals surface area contributed by atoms with Crippen molar-refractivity contribution in [2.75, 3.05) is 18.4 Å². The van der Waals surface area contributed by atoms with Crippen molar-refractivity contribution in [1.29, 1.82) is 0 Å². The molecule has 4 aromatic rings. The third-order valence-electron chi connectivity index (χ3n) is 5.20. The first kappa shape index (κ1) is 23.9. The number of carbonyl (C=O) groups excluding carboxylic acids is 2. The minimum Gasteiger partial charge on any atom is -0.326 e. The van der Waals surface area contributed by atoms with Crippen LogP contribution in [0.5, 0.6) is 0 Å². The molecule has 0 aliphatic rings. The normalized spacial score (nSPS) is 10.6. The van der Waals surface area contributed by atoms with Crippen molar-refractivity contribution in [1.82, 2.24) is 14.5 Å². The van der Waals surface area contributed by atoms with Crippen LogP contribution in [0.25, 0.3) is 16.9 Å². The predicted octanol–water partition coefficient (Wildman–Crippen LogP) is 5.60. The average Bonchev–Trinajstić information content (AvgIpc) is 3.29. The van der Waals surface area contributed by atoms with Gasteiger partial charge < -0.3 is 4.90 Å². The van der Waals surface area contributed by atoms with Crippen molar-refractivity contribution < 1.29 is 14.0 Å². The summed E-state index contributed by atoms with van der Waals surface area (Å²) in [5.74, 6) is -1.08. The van der Waals surface area contributed by atoms with E-state index in [0.717, 1.165) is 5.56 Å². The number of amides is 2. The Morgan fingerprint density at radius 2 is 1.74 bits per heavy atom. The second-order valence-electron chi connectivity index (χ2n) is 7.67. The maximum absolute atomic E-state index is 13.8. The number of rotatable bonds is 8. The average molecular weight is 489 g/mol. The minimum absolute atomic E-state index is 0.0552. The topological polar surface area (TPSA) is 67.2 Å². The third-order valence-corrected chi connectivity index (χ3v) is 5.49. The zero-order chi connectivity index (χ0) is 24.8. The molecule has 1 aromatic heterocycles. The number of imidazole rings is 1. The van der Waals surface area contributed by atoms with Crippen molar-refractivity contribution in [3.63, 3.8) is 0 Å². The molecule has 0 bridgehead atoms. The summed E-state index contributed by atoms with van der Waals surface area (Å²) in [6.07, 6.45) is 3.29. The molecular formula is C27H22ClFN4O2. The number of anilines is 1. The molecule has 6 nitrogen and oxygen atoms in total. The number of hydrogen-bond donors (Lipinski definition) is 1. The highest BCUT2D eigenvalue weighted by Gasteiger charge is 2.20. The lowest BCUT2D eigenvalue weighted by Gasteiger charge is -2.20. The first-order chi connectivity index (χ1) is 17.0. The van der Waals surface area contributed by atoms with Gasteiger partial charge in [0.15, 0.2) is 0 Å². The number of nitrogens with zero attached hydrogens (tertiary/aromatic N) is 3. The van der Waals surface area contributed by atoms with E-state index in [0.29, 0.717) is 16.9 Å². The Morgan fingerprint density at radius 3 is 2.40 bits per heavy atom. The summed E-state index contributed by atoms with van der Waals surface area (Å²) >= 11 is 5.99. The van der Waals surface area contributed by atoms with Gasteiger partial charge in [0.2, 0.25) is 11.9 Å². The summed E-state index contributed by atoms with van der Waals surface area (Å²) in [5.41, 5.74) is 2.42. The van der Waals surface area contributed by atoms with Gasteiger partial charge in [0.05, 0.1) is 16.4 Å². The first-order valence-corrected chi connectivity index (χ1v) is 11.2. The Hall–Kier alpha value is -4.23. The summed E-state index contributed by atoms with van der Waals surface area (Å²) in [7, 11) is 0. The molecular weight excluding hydrogens is 467 g/mol. The lowest BCUT2D eigenvalue weighted by molar-refractivity contribution is -0.116. The Labute approximate surface area is 207 Å². The Bertz CT molecular complexity index is 1360. The van der Waals surface area contributed by atoms with Crippen molar-refractivity contribution in [2.24, 2.45) is 0 Å². The van der Waals surface area contributed by atoms with Crippen molar-refractivity contribution in [2.45, 2.75) is 0 Å². The summed E-state index contributed by atoms with van der Waals surface area (Å²) < 4.78 is 15.4. The fraction of sp³-hybridized carbons (Fsp3) is 0.0741. The van der Waals surface area contributed by atoms with Crippen LogP contribution in [0.2, 0.25) is 5.02 Å². The number of benzene rings is 3. The standard InChI is InChI=1S/C27H22ClFN4O2/c1-2-15-32(26(35)20-11-7-4-8-12-20)18-25(34)31-27-30-24(19-9-5-3-6-10-19)17-33(27)21-13-14-23(29)22(28)16-21/h2-14,16-17H,1,15,18H2,(H,30,31,34). The third kappa shape index (κ3) is 5.65. The van der Waals surface area contributed by atoms with E-state index in [1.807, 2.05) is 36.4 Å². The van der Waals surface area contributed by atoms with Gasteiger partial charge in [-0.25, -0.2) is 9.37 Å². The molecule has 8 heteroatoms. The molecule has 0 aliphatic carbocycles. The molecule has 176 valence electrons. The Morgan fingerprint density at radius 1 is 1.06 bits per heavy atom. The number of aromatic nitrogens is 2. The van der Waals surface area contributed by atoms with E-state index in [4.69, 9.17) is 11.6 Å². The van der Waals surface area contributed by atoms with Gasteiger partial charge in [-0.15, -0.1) is 6.58 Å². The maximum atomic E-state index is 13.8. The fourth-order valence-corrected chi connectivity index (χ4v) is 3.70. The van der Waals surface area contributed by atoms with Crippen LogP contribution in [-0.4, -0.2) is 39.4 Å². The first-order valence-electron chi connectivity index (χ1n) is 10.8. The fourth-order valence-electron chi connectivity index (χ4n) is 3.52. The van der Waals surface area contributed by atoms with E-state index in [1.165, 1.54) is 23.1 Å². The van der Waals surface area contributed by atoms with Crippen LogP contribution in [0.4, 0.5) is 10.3 Å². The van der Waals surface area contributed by atoms with Crippen LogP contribution < -0.4 is 5.32 Å². The number of halogens is 2. The van der Waals surface area contributed by atoms with Gasteiger partial charge in [-0.2, -0.15) is 0 Å². The molecule has 0 radical (unpaired) electrons. The van der Waals surface area contributed by atoms with Gasteiger partial charge >= 0.3 is 0 Å². The molecule has 4 rings (SSSR count). The summed E-state index contributed by atoms with van der Waals surface area (Å²) in [6.45, 7) is 3.67. The summed E-state index contributed by atoms with van der Waals surface area (Å²) in [4.78, 5) is 31.9. The number of carbonyl (C=O) groups is 2. The second kappa shape index (κ2) is 10.8. The molecule has 0 saturated carbocycles. The van der Waals surface area contributed by atoms with E-state index in [-0.39, 0.29) is 30.0 Å². The van der Waals surface area contributed by atoms with Crippen molar-refractivity contribution in [3.8, 4) is 16.9 Å². The molecule has 0 fully saturated rings. The molecule has 0 saturated heterocycles. The van der Waals surface area contributed by atoms with Crippen LogP contribution in [0, 0.1) is 5.82 Å². The van der Waals surface area contributed by atoms with Gasteiger partial charge in [-0.3, -0.25) is 19.5 Å². The van der Waals surface area contributed by atoms with E-state index in [2.05, 4.69) is 16.9 Å². The van der Waals surface area contributed by atoms with Crippen LogP contribution in [0.3, 0.4) is 0 Å². The Kier molecular flexibility index (Phi) is 7.38. The molecule has 0 spiro atoms. The number of hydrogen-bond acceptors (Lipinski definition) is 3. The lowest BCUT2D eigenvalue weighted by Crippen LogP contribution is -2.38. The van der Waals surface area contributed by atoms with Crippen LogP contribution in [0.1, 0.15) is 10.4 Å². The minimum atomic E-state index is -0.552. The molecule has 1 heterocycles. The van der Waals surface area contributed by atoms with E-state index in [9.17, 15) is 14.0 Å². The van der Waals surface area contributed by atoms with Crippen molar-refractivity contribution >= 4 is 29.4 Å².